The second kappa shape index (κ2) is 3.95. The topological polar surface area (TPSA) is 63.4 Å². The molecule has 4 nitrogen and oxygen atoms in total. The van der Waals surface area contributed by atoms with Crippen molar-refractivity contribution < 1.29 is 9.59 Å². The van der Waals surface area contributed by atoms with Crippen molar-refractivity contribution in [3.05, 3.63) is 59.2 Å². The van der Waals surface area contributed by atoms with Crippen molar-refractivity contribution in [3.63, 3.8) is 0 Å². The normalized spacial score (nSPS) is 13.8. The Labute approximate surface area is 110 Å². The third-order valence-electron chi connectivity index (χ3n) is 3.21. The maximum absolute atomic E-state index is 12.4. The van der Waals surface area contributed by atoms with Crippen LogP contribution in [0.1, 0.15) is 26.3 Å². The number of hydrogen-bond donors (Lipinski definition) is 1. The van der Waals surface area contributed by atoms with Crippen molar-refractivity contribution in [3.8, 4) is 0 Å². The molecule has 0 saturated carbocycles. The van der Waals surface area contributed by atoms with Gasteiger partial charge in [0.1, 0.15) is 0 Å². The number of carbonyl (C=O) groups is 2. The first-order valence-corrected chi connectivity index (χ1v) is 5.93. The molecule has 0 saturated heterocycles. The van der Waals surface area contributed by atoms with Gasteiger partial charge in [0, 0.05) is 5.69 Å². The van der Waals surface area contributed by atoms with Crippen molar-refractivity contribution >= 4 is 23.2 Å². The molecule has 2 aromatic rings. The van der Waals surface area contributed by atoms with E-state index in [2.05, 4.69) is 0 Å². The van der Waals surface area contributed by atoms with Crippen molar-refractivity contribution in [2.45, 2.75) is 6.92 Å². The maximum atomic E-state index is 12.4. The van der Waals surface area contributed by atoms with Crippen LogP contribution in [0.4, 0.5) is 11.4 Å². The van der Waals surface area contributed by atoms with Gasteiger partial charge in [0.05, 0.1) is 16.8 Å². The molecule has 19 heavy (non-hydrogen) atoms. The summed E-state index contributed by atoms with van der Waals surface area (Å²) in [5.41, 5.74) is 8.36. The molecule has 3 rings (SSSR count). The standard InChI is InChI=1S/C15H12N2O2/c1-9-4-2-5-10(8-9)17-14(18)11-6-3-7-12(16)13(11)15(17)19/h2-8H,16H2,1H3. The van der Waals surface area contributed by atoms with Crippen LogP contribution in [-0.4, -0.2) is 11.8 Å². The zero-order chi connectivity index (χ0) is 13.6. The van der Waals surface area contributed by atoms with Gasteiger partial charge in [0.25, 0.3) is 11.8 Å². The largest absolute Gasteiger partial charge is 0.398 e. The van der Waals surface area contributed by atoms with E-state index in [-0.39, 0.29) is 11.8 Å². The number of benzene rings is 2. The summed E-state index contributed by atoms with van der Waals surface area (Å²) in [7, 11) is 0. The molecular formula is C15H12N2O2. The molecule has 2 aromatic carbocycles. The Bertz CT molecular complexity index is 707. The van der Waals surface area contributed by atoms with Crippen LogP contribution in [0.5, 0.6) is 0 Å². The summed E-state index contributed by atoms with van der Waals surface area (Å²) in [6, 6.07) is 12.2. The summed E-state index contributed by atoms with van der Waals surface area (Å²) in [4.78, 5) is 25.9. The number of rotatable bonds is 1. The smallest absolute Gasteiger partial charge is 0.268 e. The number of hydrogen-bond acceptors (Lipinski definition) is 3. The van der Waals surface area contributed by atoms with Crippen LogP contribution in [-0.2, 0) is 0 Å². The van der Waals surface area contributed by atoms with E-state index >= 15 is 0 Å². The molecule has 1 aliphatic rings. The Morgan fingerprint density at radius 2 is 1.74 bits per heavy atom. The number of aryl methyl sites for hydroxylation is 1. The number of amides is 2. The summed E-state index contributed by atoms with van der Waals surface area (Å²) < 4.78 is 0. The molecule has 0 radical (unpaired) electrons. The fraction of sp³-hybridized carbons (Fsp3) is 0.0667. The molecule has 1 aliphatic heterocycles. The average molecular weight is 252 g/mol. The van der Waals surface area contributed by atoms with Crippen LogP contribution < -0.4 is 10.6 Å². The van der Waals surface area contributed by atoms with Gasteiger partial charge < -0.3 is 5.73 Å². The molecule has 0 aromatic heterocycles. The monoisotopic (exact) mass is 252 g/mol. The molecule has 0 aliphatic carbocycles. The zero-order valence-corrected chi connectivity index (χ0v) is 10.4. The number of carbonyl (C=O) groups excluding carboxylic acids is 2. The van der Waals surface area contributed by atoms with Crippen molar-refractivity contribution in [1.29, 1.82) is 0 Å². The summed E-state index contributed by atoms with van der Waals surface area (Å²) in [6.45, 7) is 1.91. The maximum Gasteiger partial charge on any atom is 0.268 e. The van der Waals surface area contributed by atoms with Gasteiger partial charge in [-0.15, -0.1) is 0 Å². The van der Waals surface area contributed by atoms with Crippen LogP contribution >= 0.6 is 0 Å². The van der Waals surface area contributed by atoms with Crippen LogP contribution in [0, 0.1) is 6.92 Å². The summed E-state index contributed by atoms with van der Waals surface area (Å²) >= 11 is 0. The van der Waals surface area contributed by atoms with Crippen LogP contribution in [0.25, 0.3) is 0 Å². The number of nitrogens with two attached hydrogens (primary N) is 1. The Morgan fingerprint density at radius 3 is 2.42 bits per heavy atom. The number of nitrogen functional groups attached to an aromatic ring is 1. The Hall–Kier alpha value is -2.62. The predicted molar refractivity (Wildman–Crippen MR) is 73.2 cm³/mol. The molecule has 0 bridgehead atoms. The number of anilines is 2. The van der Waals surface area contributed by atoms with Crippen LogP contribution in [0.3, 0.4) is 0 Å². The molecule has 94 valence electrons. The molecule has 0 spiro atoms. The van der Waals surface area contributed by atoms with Crippen molar-refractivity contribution in [1.82, 2.24) is 0 Å². The Morgan fingerprint density at radius 1 is 1.00 bits per heavy atom. The fourth-order valence-corrected chi connectivity index (χ4v) is 2.31. The minimum atomic E-state index is -0.358. The van der Waals surface area contributed by atoms with Gasteiger partial charge in [-0.3, -0.25) is 9.59 Å². The zero-order valence-electron chi connectivity index (χ0n) is 10.4. The Balaban J connectivity index is 2.16. The molecule has 1 heterocycles. The van der Waals surface area contributed by atoms with E-state index in [0.717, 1.165) is 5.56 Å². The van der Waals surface area contributed by atoms with Gasteiger partial charge in [0.15, 0.2) is 0 Å². The fourth-order valence-electron chi connectivity index (χ4n) is 2.31. The molecular weight excluding hydrogens is 240 g/mol. The van der Waals surface area contributed by atoms with Crippen molar-refractivity contribution in [2.24, 2.45) is 0 Å². The highest BCUT2D eigenvalue weighted by Crippen LogP contribution is 2.31. The highest BCUT2D eigenvalue weighted by molar-refractivity contribution is 6.35. The van der Waals surface area contributed by atoms with E-state index in [4.69, 9.17) is 5.73 Å². The Kier molecular flexibility index (Phi) is 2.38. The van der Waals surface area contributed by atoms with Crippen LogP contribution in [0.2, 0.25) is 0 Å². The average Bonchev–Trinajstić information content (AvgIpc) is 2.63. The van der Waals surface area contributed by atoms with E-state index in [1.807, 2.05) is 19.1 Å². The first kappa shape index (κ1) is 11.5. The minimum Gasteiger partial charge on any atom is -0.398 e. The molecule has 0 atom stereocenters. The molecule has 0 unspecified atom stereocenters. The lowest BCUT2D eigenvalue weighted by molar-refractivity contribution is 0.0926. The predicted octanol–water partition coefficient (Wildman–Crippen LogP) is 2.38. The first-order valence-electron chi connectivity index (χ1n) is 5.93. The van der Waals surface area contributed by atoms with E-state index < -0.39 is 0 Å². The third-order valence-corrected chi connectivity index (χ3v) is 3.21. The summed E-state index contributed by atoms with van der Waals surface area (Å²) in [5, 5.41) is 0. The lowest BCUT2D eigenvalue weighted by Gasteiger charge is -2.14. The quantitative estimate of drug-likeness (QED) is 0.626. The van der Waals surface area contributed by atoms with Crippen LogP contribution in [0.15, 0.2) is 42.5 Å². The lowest BCUT2D eigenvalue weighted by Crippen LogP contribution is -2.29. The van der Waals surface area contributed by atoms with Crippen molar-refractivity contribution in [2.75, 3.05) is 10.6 Å². The van der Waals surface area contributed by atoms with Gasteiger partial charge in [-0.25, -0.2) is 4.90 Å². The second-order valence-electron chi connectivity index (χ2n) is 4.55. The molecule has 4 heteroatoms. The summed E-state index contributed by atoms with van der Waals surface area (Å²) in [6.07, 6.45) is 0. The van der Waals surface area contributed by atoms with E-state index in [0.29, 0.717) is 22.5 Å². The summed E-state index contributed by atoms with van der Waals surface area (Å²) in [5.74, 6) is -0.679. The molecule has 2 N–H and O–H groups in total. The van der Waals surface area contributed by atoms with Gasteiger partial charge in [-0.1, -0.05) is 18.2 Å². The molecule has 0 fully saturated rings. The van der Waals surface area contributed by atoms with Gasteiger partial charge >= 0.3 is 0 Å². The van der Waals surface area contributed by atoms with Gasteiger partial charge in [-0.2, -0.15) is 0 Å². The number of imide groups is 1. The highest BCUT2D eigenvalue weighted by Gasteiger charge is 2.37. The lowest BCUT2D eigenvalue weighted by atomic mass is 10.1. The minimum absolute atomic E-state index is 0.300. The molecule has 2 amide bonds. The number of fused-ring (bicyclic) bond motifs is 1. The SMILES string of the molecule is Cc1cccc(N2C(=O)c3cccc(N)c3C2=O)c1. The highest BCUT2D eigenvalue weighted by atomic mass is 16.2. The second-order valence-corrected chi connectivity index (χ2v) is 4.55. The number of nitrogens with zero attached hydrogens (tertiary/aromatic N) is 1. The first-order chi connectivity index (χ1) is 9.09. The van der Waals surface area contributed by atoms with Gasteiger partial charge in [0.2, 0.25) is 0 Å². The van der Waals surface area contributed by atoms with E-state index in [9.17, 15) is 9.59 Å². The third kappa shape index (κ3) is 1.61. The van der Waals surface area contributed by atoms with E-state index in [1.165, 1.54) is 4.90 Å². The van der Waals surface area contributed by atoms with Gasteiger partial charge in [-0.05, 0) is 36.8 Å². The van der Waals surface area contributed by atoms with E-state index in [1.54, 1.807) is 30.3 Å².